The fourth-order valence-electron chi connectivity index (χ4n) is 5.69. The number of ether oxygens (including phenoxy) is 1. The molecule has 192 valence electrons. The molecule has 8 heteroatoms. The molecular formula is C30H26FN3O4. The number of hydrogen-bond donors (Lipinski definition) is 1. The second-order valence-electron chi connectivity index (χ2n) is 9.74. The fourth-order valence-corrected chi connectivity index (χ4v) is 5.69. The number of hydrogen-bond acceptors (Lipinski definition) is 4. The second kappa shape index (κ2) is 9.45. The first-order valence-corrected chi connectivity index (χ1v) is 12.6. The standard InChI is InChI=1S/C30H26FN3O4/c1-38-30(37)20-10-8-19(9-11-20)28-27-23(22-4-2-3-5-24(22)32-27)16-25-29(36)33(17-26(35)34(25)28)15-14-18-6-12-21(31)13-7-18/h2-13,25,28,32H,14-17H2,1H3/t25-,28+/m0/s1. The Kier molecular flexibility index (Phi) is 5.94. The zero-order chi connectivity index (χ0) is 26.4. The smallest absolute Gasteiger partial charge is 0.337 e. The molecule has 0 radical (unpaired) electrons. The Hall–Kier alpha value is -4.46. The molecule has 4 aromatic rings. The second-order valence-corrected chi connectivity index (χ2v) is 9.74. The summed E-state index contributed by atoms with van der Waals surface area (Å²) in [4.78, 5) is 46.3. The Morgan fingerprint density at radius 2 is 1.76 bits per heavy atom. The van der Waals surface area contributed by atoms with E-state index in [-0.39, 0.29) is 24.2 Å². The molecule has 0 aliphatic carbocycles. The van der Waals surface area contributed by atoms with Crippen molar-refractivity contribution in [1.82, 2.24) is 14.8 Å². The van der Waals surface area contributed by atoms with Gasteiger partial charge in [0, 0.05) is 29.6 Å². The van der Waals surface area contributed by atoms with Gasteiger partial charge >= 0.3 is 5.97 Å². The van der Waals surface area contributed by atoms with Crippen LogP contribution in [0, 0.1) is 5.82 Å². The summed E-state index contributed by atoms with van der Waals surface area (Å²) in [6.07, 6.45) is 0.941. The van der Waals surface area contributed by atoms with Gasteiger partial charge in [0.25, 0.3) is 0 Å². The number of nitrogens with one attached hydrogen (secondary N) is 1. The van der Waals surface area contributed by atoms with Crippen LogP contribution in [0.3, 0.4) is 0 Å². The number of rotatable bonds is 5. The number of benzene rings is 3. The quantitative estimate of drug-likeness (QED) is 0.411. The molecule has 2 aliphatic heterocycles. The summed E-state index contributed by atoms with van der Waals surface area (Å²) in [5, 5.41) is 1.03. The van der Waals surface area contributed by atoms with E-state index in [1.807, 2.05) is 36.4 Å². The zero-order valence-corrected chi connectivity index (χ0v) is 20.8. The highest BCUT2D eigenvalue weighted by atomic mass is 19.1. The van der Waals surface area contributed by atoms with Gasteiger partial charge in [-0.25, -0.2) is 9.18 Å². The van der Waals surface area contributed by atoms with Gasteiger partial charge in [0.1, 0.15) is 11.9 Å². The fraction of sp³-hybridized carbons (Fsp3) is 0.233. The number of H-pyrrole nitrogens is 1. The molecule has 2 aliphatic rings. The summed E-state index contributed by atoms with van der Waals surface area (Å²) in [6.45, 7) is 0.350. The molecule has 0 spiro atoms. The van der Waals surface area contributed by atoms with E-state index >= 15 is 0 Å². The average Bonchev–Trinajstić information content (AvgIpc) is 3.32. The van der Waals surface area contributed by atoms with Gasteiger partial charge < -0.3 is 19.5 Å². The first kappa shape index (κ1) is 23.9. The van der Waals surface area contributed by atoms with Gasteiger partial charge in [0.05, 0.1) is 25.3 Å². The van der Waals surface area contributed by atoms with Gasteiger partial charge in [-0.05, 0) is 53.4 Å². The highest BCUT2D eigenvalue weighted by Crippen LogP contribution is 2.42. The van der Waals surface area contributed by atoms with Crippen LogP contribution in [-0.2, 0) is 27.2 Å². The van der Waals surface area contributed by atoms with Crippen LogP contribution in [0.15, 0.2) is 72.8 Å². The van der Waals surface area contributed by atoms with Crippen molar-refractivity contribution in [2.24, 2.45) is 0 Å². The number of carbonyl (C=O) groups is 3. The molecule has 2 atom stereocenters. The number of nitrogens with zero attached hydrogens (tertiary/aromatic N) is 2. The number of para-hydroxylation sites is 1. The lowest BCUT2D eigenvalue weighted by atomic mass is 9.86. The molecule has 0 saturated carbocycles. The number of methoxy groups -OCH3 is 1. The Labute approximate surface area is 218 Å². The lowest BCUT2D eigenvalue weighted by molar-refractivity contribution is -0.158. The van der Waals surface area contributed by atoms with Crippen molar-refractivity contribution < 1.29 is 23.5 Å². The highest BCUT2D eigenvalue weighted by Gasteiger charge is 2.48. The number of piperazine rings is 1. The third-order valence-electron chi connectivity index (χ3n) is 7.57. The van der Waals surface area contributed by atoms with Gasteiger partial charge in [-0.15, -0.1) is 0 Å². The predicted molar refractivity (Wildman–Crippen MR) is 139 cm³/mol. The molecule has 3 heterocycles. The number of carbonyl (C=O) groups excluding carboxylic acids is 3. The Morgan fingerprint density at radius 3 is 2.50 bits per heavy atom. The topological polar surface area (TPSA) is 82.7 Å². The molecule has 3 aromatic carbocycles. The molecule has 1 N–H and O–H groups in total. The lowest BCUT2D eigenvalue weighted by Crippen LogP contribution is -2.63. The Bertz CT molecular complexity index is 1540. The van der Waals surface area contributed by atoms with Crippen molar-refractivity contribution in [3.63, 3.8) is 0 Å². The van der Waals surface area contributed by atoms with Crippen molar-refractivity contribution in [2.45, 2.75) is 24.9 Å². The van der Waals surface area contributed by atoms with Crippen LogP contribution in [0.25, 0.3) is 10.9 Å². The van der Waals surface area contributed by atoms with E-state index in [1.54, 1.807) is 34.1 Å². The summed E-state index contributed by atoms with van der Waals surface area (Å²) in [5.74, 6) is -0.986. The van der Waals surface area contributed by atoms with Crippen molar-refractivity contribution >= 4 is 28.7 Å². The van der Waals surface area contributed by atoms with E-state index < -0.39 is 18.1 Å². The van der Waals surface area contributed by atoms with E-state index in [0.717, 1.165) is 33.3 Å². The van der Waals surface area contributed by atoms with Crippen molar-refractivity contribution in [1.29, 1.82) is 0 Å². The van der Waals surface area contributed by atoms with Crippen LogP contribution in [-0.4, -0.2) is 58.8 Å². The molecular weight excluding hydrogens is 485 g/mol. The average molecular weight is 512 g/mol. The van der Waals surface area contributed by atoms with E-state index in [0.29, 0.717) is 24.9 Å². The highest BCUT2D eigenvalue weighted by molar-refractivity contribution is 5.97. The SMILES string of the molecule is COC(=O)c1ccc([C@@H]2c3[nH]c4ccccc4c3C[C@H]3C(=O)N(CCc4ccc(F)cc4)CC(=O)N23)cc1. The van der Waals surface area contributed by atoms with Crippen LogP contribution in [0.5, 0.6) is 0 Å². The molecule has 2 amide bonds. The number of amides is 2. The molecule has 0 bridgehead atoms. The van der Waals surface area contributed by atoms with Crippen molar-refractivity contribution in [2.75, 3.05) is 20.2 Å². The molecule has 1 aromatic heterocycles. The summed E-state index contributed by atoms with van der Waals surface area (Å²) in [6, 6.07) is 20.0. The molecule has 7 nitrogen and oxygen atoms in total. The third-order valence-corrected chi connectivity index (χ3v) is 7.57. The van der Waals surface area contributed by atoms with Gasteiger partial charge in [0.15, 0.2) is 0 Å². The van der Waals surface area contributed by atoms with Crippen LogP contribution < -0.4 is 0 Å². The van der Waals surface area contributed by atoms with E-state index in [4.69, 9.17) is 4.74 Å². The summed E-state index contributed by atoms with van der Waals surface area (Å²) >= 11 is 0. The lowest BCUT2D eigenvalue weighted by Gasteiger charge is -2.47. The summed E-state index contributed by atoms with van der Waals surface area (Å²) < 4.78 is 18.1. The van der Waals surface area contributed by atoms with E-state index in [1.165, 1.54) is 19.2 Å². The monoisotopic (exact) mass is 511 g/mol. The number of aromatic nitrogens is 1. The maximum absolute atomic E-state index is 13.8. The van der Waals surface area contributed by atoms with Gasteiger partial charge in [-0.3, -0.25) is 9.59 Å². The predicted octanol–water partition coefficient (Wildman–Crippen LogP) is 4.02. The minimum Gasteiger partial charge on any atom is -0.465 e. The minimum absolute atomic E-state index is 0.0250. The first-order chi connectivity index (χ1) is 18.4. The molecule has 38 heavy (non-hydrogen) atoms. The number of fused-ring (bicyclic) bond motifs is 4. The van der Waals surface area contributed by atoms with Crippen LogP contribution in [0.4, 0.5) is 4.39 Å². The summed E-state index contributed by atoms with van der Waals surface area (Å²) in [5.41, 5.74) is 4.96. The van der Waals surface area contributed by atoms with Crippen LogP contribution in [0.2, 0.25) is 0 Å². The molecule has 0 unspecified atom stereocenters. The first-order valence-electron chi connectivity index (χ1n) is 12.6. The normalized spacial score (nSPS) is 18.9. The maximum atomic E-state index is 13.8. The molecule has 1 saturated heterocycles. The minimum atomic E-state index is -0.651. The summed E-state index contributed by atoms with van der Waals surface area (Å²) in [7, 11) is 1.33. The number of esters is 1. The van der Waals surface area contributed by atoms with E-state index in [2.05, 4.69) is 4.98 Å². The third kappa shape index (κ3) is 4.02. The Morgan fingerprint density at radius 1 is 1.03 bits per heavy atom. The molecule has 6 rings (SSSR count). The largest absolute Gasteiger partial charge is 0.465 e. The van der Waals surface area contributed by atoms with Crippen molar-refractivity contribution in [3.8, 4) is 0 Å². The number of aromatic amines is 1. The molecule has 1 fully saturated rings. The maximum Gasteiger partial charge on any atom is 0.337 e. The zero-order valence-electron chi connectivity index (χ0n) is 20.8. The van der Waals surface area contributed by atoms with Crippen LogP contribution in [0.1, 0.15) is 38.8 Å². The van der Waals surface area contributed by atoms with Gasteiger partial charge in [-0.1, -0.05) is 42.5 Å². The van der Waals surface area contributed by atoms with Gasteiger partial charge in [0.2, 0.25) is 11.8 Å². The van der Waals surface area contributed by atoms with Crippen molar-refractivity contribution in [3.05, 3.63) is 107 Å². The van der Waals surface area contributed by atoms with Crippen LogP contribution >= 0.6 is 0 Å². The van der Waals surface area contributed by atoms with E-state index in [9.17, 15) is 18.8 Å². The Balaban J connectivity index is 1.37. The van der Waals surface area contributed by atoms with Gasteiger partial charge in [-0.2, -0.15) is 0 Å². The number of halogens is 1.